The number of benzene rings is 1. The number of allylic oxidation sites excluding steroid dienone is 3. The van der Waals surface area contributed by atoms with Gasteiger partial charge in [0, 0.05) is 6.08 Å². The molecule has 102 valence electrons. The SMILES string of the molecule is COc1cc(C)c(/C(C)=C/C=C/C(=O)O)c(C)c1C. The minimum absolute atomic E-state index is 0.882. The zero-order chi connectivity index (χ0) is 14.6. The summed E-state index contributed by atoms with van der Waals surface area (Å²) in [4.78, 5) is 10.5. The van der Waals surface area contributed by atoms with Crippen molar-refractivity contribution < 1.29 is 14.6 Å². The Morgan fingerprint density at radius 3 is 2.42 bits per heavy atom. The normalized spacial score (nSPS) is 11.9. The van der Waals surface area contributed by atoms with Crippen LogP contribution in [-0.4, -0.2) is 18.2 Å². The first kappa shape index (κ1) is 15.0. The second-order valence-corrected chi connectivity index (χ2v) is 4.57. The average molecular weight is 260 g/mol. The first-order valence-corrected chi connectivity index (χ1v) is 6.11. The molecule has 0 amide bonds. The van der Waals surface area contributed by atoms with Crippen molar-refractivity contribution in [2.75, 3.05) is 7.11 Å². The zero-order valence-corrected chi connectivity index (χ0v) is 12.1. The highest BCUT2D eigenvalue weighted by atomic mass is 16.5. The summed E-state index contributed by atoms with van der Waals surface area (Å²) in [6, 6.07) is 2.01. The van der Waals surface area contributed by atoms with Gasteiger partial charge in [0.15, 0.2) is 0 Å². The maximum absolute atomic E-state index is 10.5. The molecule has 1 rings (SSSR count). The maximum Gasteiger partial charge on any atom is 0.328 e. The molecule has 1 aromatic carbocycles. The van der Waals surface area contributed by atoms with Crippen LogP contribution in [0.3, 0.4) is 0 Å². The van der Waals surface area contributed by atoms with E-state index in [4.69, 9.17) is 9.84 Å². The first-order chi connectivity index (χ1) is 8.88. The Morgan fingerprint density at radius 2 is 1.89 bits per heavy atom. The molecule has 3 nitrogen and oxygen atoms in total. The molecule has 0 unspecified atom stereocenters. The summed E-state index contributed by atoms with van der Waals surface area (Å²) < 4.78 is 5.34. The fourth-order valence-corrected chi connectivity index (χ4v) is 2.22. The third kappa shape index (κ3) is 3.47. The molecule has 0 radical (unpaired) electrons. The predicted octanol–water partition coefficient (Wildman–Crippen LogP) is 3.66. The van der Waals surface area contributed by atoms with E-state index in [1.54, 1.807) is 13.2 Å². The molecule has 0 spiro atoms. The van der Waals surface area contributed by atoms with E-state index in [9.17, 15) is 4.79 Å². The Hall–Kier alpha value is -2.03. The fourth-order valence-electron chi connectivity index (χ4n) is 2.22. The van der Waals surface area contributed by atoms with Crippen LogP contribution in [0.4, 0.5) is 0 Å². The van der Waals surface area contributed by atoms with E-state index in [0.29, 0.717) is 0 Å². The quantitative estimate of drug-likeness (QED) is 0.663. The fraction of sp³-hybridized carbons (Fsp3) is 0.312. The summed E-state index contributed by atoms with van der Waals surface area (Å²) in [5.74, 6) is -0.0592. The standard InChI is InChI=1S/C16H20O3/c1-10(7-6-8-15(17)18)16-11(2)9-14(19-5)12(3)13(16)4/h6-9H,1-5H3,(H,17,18)/b8-6+,10-7+. The van der Waals surface area contributed by atoms with E-state index in [2.05, 4.69) is 6.92 Å². The highest BCUT2D eigenvalue weighted by Gasteiger charge is 2.11. The summed E-state index contributed by atoms with van der Waals surface area (Å²) in [6.07, 6.45) is 4.50. The summed E-state index contributed by atoms with van der Waals surface area (Å²) in [5, 5.41) is 8.59. The topological polar surface area (TPSA) is 46.5 Å². The van der Waals surface area contributed by atoms with Crippen LogP contribution in [0.25, 0.3) is 5.57 Å². The molecular formula is C16H20O3. The smallest absolute Gasteiger partial charge is 0.328 e. The molecule has 19 heavy (non-hydrogen) atoms. The molecule has 0 saturated carbocycles. The second-order valence-electron chi connectivity index (χ2n) is 4.57. The van der Waals surface area contributed by atoms with Gasteiger partial charge in [-0.1, -0.05) is 12.2 Å². The minimum atomic E-state index is -0.941. The Bertz CT molecular complexity index is 552. The van der Waals surface area contributed by atoms with Gasteiger partial charge in [-0.25, -0.2) is 4.79 Å². The van der Waals surface area contributed by atoms with Crippen molar-refractivity contribution in [1.29, 1.82) is 0 Å². The summed E-state index contributed by atoms with van der Waals surface area (Å²) >= 11 is 0. The molecular weight excluding hydrogens is 240 g/mol. The van der Waals surface area contributed by atoms with Crippen molar-refractivity contribution in [2.24, 2.45) is 0 Å². The molecule has 0 saturated heterocycles. The largest absolute Gasteiger partial charge is 0.496 e. The Morgan fingerprint density at radius 1 is 1.26 bits per heavy atom. The monoisotopic (exact) mass is 260 g/mol. The van der Waals surface area contributed by atoms with Gasteiger partial charge in [-0.3, -0.25) is 0 Å². The van der Waals surface area contributed by atoms with Crippen LogP contribution in [0.15, 0.2) is 24.3 Å². The third-order valence-electron chi connectivity index (χ3n) is 3.25. The zero-order valence-electron chi connectivity index (χ0n) is 12.1. The van der Waals surface area contributed by atoms with Gasteiger partial charge in [0.25, 0.3) is 0 Å². The van der Waals surface area contributed by atoms with Crippen molar-refractivity contribution in [2.45, 2.75) is 27.7 Å². The van der Waals surface area contributed by atoms with Crippen molar-refractivity contribution in [3.63, 3.8) is 0 Å². The van der Waals surface area contributed by atoms with Crippen molar-refractivity contribution in [3.05, 3.63) is 46.5 Å². The van der Waals surface area contributed by atoms with Gasteiger partial charge in [0.2, 0.25) is 0 Å². The molecule has 0 aromatic heterocycles. The molecule has 0 fully saturated rings. The van der Waals surface area contributed by atoms with Crippen LogP contribution in [0, 0.1) is 20.8 Å². The predicted molar refractivity (Wildman–Crippen MR) is 77.6 cm³/mol. The van der Waals surface area contributed by atoms with Gasteiger partial charge >= 0.3 is 5.97 Å². The number of carboxylic acids is 1. The molecule has 0 aliphatic carbocycles. The molecule has 1 N–H and O–H groups in total. The van der Waals surface area contributed by atoms with E-state index in [1.165, 1.54) is 0 Å². The second kappa shape index (κ2) is 6.23. The van der Waals surface area contributed by atoms with E-state index in [0.717, 1.165) is 39.7 Å². The molecule has 3 heteroatoms. The van der Waals surface area contributed by atoms with Gasteiger partial charge in [0.05, 0.1) is 7.11 Å². The van der Waals surface area contributed by atoms with Crippen molar-refractivity contribution >= 4 is 11.5 Å². The van der Waals surface area contributed by atoms with Gasteiger partial charge in [-0.2, -0.15) is 0 Å². The molecule has 0 bridgehead atoms. The molecule has 0 aliphatic rings. The highest BCUT2D eigenvalue weighted by molar-refractivity contribution is 5.81. The highest BCUT2D eigenvalue weighted by Crippen LogP contribution is 2.31. The van der Waals surface area contributed by atoms with Crippen LogP contribution in [0.2, 0.25) is 0 Å². The summed E-state index contributed by atoms with van der Waals surface area (Å²) in [7, 11) is 1.67. The summed E-state index contributed by atoms with van der Waals surface area (Å²) in [6.45, 7) is 8.09. The lowest BCUT2D eigenvalue weighted by Gasteiger charge is -2.16. The van der Waals surface area contributed by atoms with E-state index < -0.39 is 5.97 Å². The number of rotatable bonds is 4. The van der Waals surface area contributed by atoms with Crippen LogP contribution in [0.5, 0.6) is 5.75 Å². The molecule has 0 atom stereocenters. The van der Waals surface area contributed by atoms with E-state index in [1.807, 2.05) is 32.9 Å². The van der Waals surface area contributed by atoms with Crippen LogP contribution in [0.1, 0.15) is 29.2 Å². The summed E-state index contributed by atoms with van der Waals surface area (Å²) in [5.41, 5.74) is 5.58. The Kier molecular flexibility index (Phi) is 4.93. The van der Waals surface area contributed by atoms with Crippen LogP contribution in [-0.2, 0) is 4.79 Å². The van der Waals surface area contributed by atoms with Gasteiger partial charge < -0.3 is 9.84 Å². The Labute approximate surface area is 114 Å². The van der Waals surface area contributed by atoms with Crippen LogP contribution < -0.4 is 4.74 Å². The lowest BCUT2D eigenvalue weighted by atomic mass is 9.92. The number of hydrogen-bond donors (Lipinski definition) is 1. The van der Waals surface area contributed by atoms with E-state index in [-0.39, 0.29) is 0 Å². The molecule has 0 heterocycles. The number of hydrogen-bond acceptors (Lipinski definition) is 2. The number of carbonyl (C=O) groups is 1. The van der Waals surface area contributed by atoms with Crippen molar-refractivity contribution in [1.82, 2.24) is 0 Å². The maximum atomic E-state index is 10.5. The van der Waals surface area contributed by atoms with E-state index >= 15 is 0 Å². The Balaban J connectivity index is 3.28. The minimum Gasteiger partial charge on any atom is -0.496 e. The lowest BCUT2D eigenvalue weighted by Crippen LogP contribution is -1.98. The number of aliphatic carboxylic acids is 1. The first-order valence-electron chi connectivity index (χ1n) is 6.11. The average Bonchev–Trinajstić information content (AvgIpc) is 2.33. The molecule has 0 aliphatic heterocycles. The number of methoxy groups -OCH3 is 1. The molecule has 1 aromatic rings. The number of carboxylic acid groups (broad SMARTS) is 1. The van der Waals surface area contributed by atoms with Gasteiger partial charge in [-0.05, 0) is 61.6 Å². The lowest BCUT2D eigenvalue weighted by molar-refractivity contribution is -0.131. The van der Waals surface area contributed by atoms with Crippen molar-refractivity contribution in [3.8, 4) is 5.75 Å². The van der Waals surface area contributed by atoms with Gasteiger partial charge in [0.1, 0.15) is 5.75 Å². The third-order valence-corrected chi connectivity index (χ3v) is 3.25. The van der Waals surface area contributed by atoms with Gasteiger partial charge in [-0.15, -0.1) is 0 Å². The number of aryl methyl sites for hydroxylation is 1. The number of ether oxygens (including phenoxy) is 1. The van der Waals surface area contributed by atoms with Crippen LogP contribution >= 0.6 is 0 Å².